The lowest BCUT2D eigenvalue weighted by molar-refractivity contribution is 0.0416. The van der Waals surface area contributed by atoms with Crippen molar-refractivity contribution >= 4 is 22.1 Å². The van der Waals surface area contributed by atoms with Crippen LogP contribution in [0.15, 0.2) is 15.7 Å². The highest BCUT2D eigenvalue weighted by molar-refractivity contribution is 9.12. The third-order valence-electron chi connectivity index (χ3n) is 1.75. The van der Waals surface area contributed by atoms with Crippen molar-refractivity contribution in [3.8, 4) is 0 Å². The van der Waals surface area contributed by atoms with Gasteiger partial charge >= 0.3 is 0 Å². The van der Waals surface area contributed by atoms with Crippen molar-refractivity contribution in [2.75, 3.05) is 6.54 Å². The summed E-state index contributed by atoms with van der Waals surface area (Å²) < 4.78 is 0.940. The molecule has 3 nitrogen and oxygen atoms in total. The van der Waals surface area contributed by atoms with E-state index in [-0.39, 0.29) is 6.17 Å². The van der Waals surface area contributed by atoms with Gasteiger partial charge in [0.15, 0.2) is 0 Å². The maximum Gasteiger partial charge on any atom is 0.117 e. The van der Waals surface area contributed by atoms with Crippen LogP contribution < -0.4 is 0 Å². The van der Waals surface area contributed by atoms with Gasteiger partial charge in [0.05, 0.1) is 10.1 Å². The van der Waals surface area contributed by atoms with E-state index >= 15 is 0 Å². The molecule has 4 heteroatoms. The van der Waals surface area contributed by atoms with Gasteiger partial charge < -0.3 is 10.0 Å². The Morgan fingerprint density at radius 3 is 2.85 bits per heavy atom. The number of allylic oxidation sites excluding steroid dienone is 1. The van der Waals surface area contributed by atoms with Gasteiger partial charge in [-0.2, -0.15) is 0 Å². The van der Waals surface area contributed by atoms with Crippen molar-refractivity contribution < 1.29 is 5.11 Å². The Kier molecular flexibility index (Phi) is 3.14. The number of β-amino-alcohol motifs (C(OH)–C–C–N with tert-alkyl or cyclic N) is 1. The van der Waals surface area contributed by atoms with Gasteiger partial charge in [-0.05, 0) is 36.7 Å². The number of halogens is 1. The average Bonchev–Trinajstić information content (AvgIpc) is 1.94. The van der Waals surface area contributed by atoms with Crippen molar-refractivity contribution in [2.45, 2.75) is 32.5 Å². The third kappa shape index (κ3) is 3.48. The van der Waals surface area contributed by atoms with Gasteiger partial charge in [0, 0.05) is 19.0 Å². The first-order chi connectivity index (χ1) is 5.88. The molecule has 0 aromatic carbocycles. The molecule has 13 heavy (non-hydrogen) atoms. The molecular formula is C9H15BrN2O. The van der Waals surface area contributed by atoms with E-state index in [0.29, 0.717) is 6.54 Å². The minimum atomic E-state index is -0.690. The van der Waals surface area contributed by atoms with Gasteiger partial charge in [-0.1, -0.05) is 0 Å². The molecule has 1 heterocycles. The molecule has 0 amide bonds. The van der Waals surface area contributed by atoms with Crippen LogP contribution >= 0.6 is 15.9 Å². The standard InChI is InChI=1S/C9H15BrN2O/c1-7-11-4-8(10)5-12(7)6-9(2,3)13/h4-5,7,13H,6H2,1-3H3. The molecule has 74 valence electrons. The molecular weight excluding hydrogens is 232 g/mol. The molecule has 0 aromatic rings. The van der Waals surface area contributed by atoms with Crippen LogP contribution in [0.2, 0.25) is 0 Å². The topological polar surface area (TPSA) is 35.8 Å². The number of aliphatic hydroxyl groups is 1. The van der Waals surface area contributed by atoms with Gasteiger partial charge in [-0.3, -0.25) is 4.99 Å². The molecule has 0 bridgehead atoms. The van der Waals surface area contributed by atoms with E-state index in [1.807, 2.05) is 18.0 Å². The molecule has 1 atom stereocenters. The minimum absolute atomic E-state index is 0.104. The third-order valence-corrected chi connectivity index (χ3v) is 2.16. The highest BCUT2D eigenvalue weighted by atomic mass is 79.9. The van der Waals surface area contributed by atoms with Gasteiger partial charge in [0.25, 0.3) is 0 Å². The van der Waals surface area contributed by atoms with Crippen molar-refractivity contribution in [3.63, 3.8) is 0 Å². The van der Waals surface area contributed by atoms with E-state index < -0.39 is 5.60 Å². The number of nitrogens with zero attached hydrogens (tertiary/aromatic N) is 2. The molecule has 0 fully saturated rings. The molecule has 1 rings (SSSR count). The van der Waals surface area contributed by atoms with E-state index in [2.05, 4.69) is 20.9 Å². The summed E-state index contributed by atoms with van der Waals surface area (Å²) >= 11 is 3.35. The highest BCUT2D eigenvalue weighted by Gasteiger charge is 2.21. The largest absolute Gasteiger partial charge is 0.389 e. The summed E-state index contributed by atoms with van der Waals surface area (Å²) in [5.41, 5.74) is -0.690. The van der Waals surface area contributed by atoms with E-state index in [9.17, 15) is 5.11 Å². The lowest BCUT2D eigenvalue weighted by atomic mass is 10.1. The summed E-state index contributed by atoms with van der Waals surface area (Å²) in [6, 6.07) is 0. The van der Waals surface area contributed by atoms with Gasteiger partial charge in [0.1, 0.15) is 6.17 Å². The SMILES string of the molecule is CC1N=CC(Br)=CN1CC(C)(C)O. The maximum absolute atomic E-state index is 9.64. The van der Waals surface area contributed by atoms with Crippen molar-refractivity contribution in [1.29, 1.82) is 0 Å². The molecule has 1 unspecified atom stereocenters. The number of rotatable bonds is 2. The second-order valence-corrected chi connectivity index (χ2v) is 4.82. The highest BCUT2D eigenvalue weighted by Crippen LogP contribution is 2.17. The van der Waals surface area contributed by atoms with E-state index in [4.69, 9.17) is 0 Å². The first kappa shape index (κ1) is 10.7. The lowest BCUT2D eigenvalue weighted by Gasteiger charge is -2.32. The Balaban J connectivity index is 2.65. The molecule has 0 aliphatic carbocycles. The zero-order chi connectivity index (χ0) is 10.1. The normalized spacial score (nSPS) is 23.3. The van der Waals surface area contributed by atoms with Crippen molar-refractivity contribution in [2.24, 2.45) is 4.99 Å². The average molecular weight is 247 g/mol. The fraction of sp³-hybridized carbons (Fsp3) is 0.667. The van der Waals surface area contributed by atoms with Crippen molar-refractivity contribution in [3.05, 3.63) is 10.7 Å². The van der Waals surface area contributed by atoms with Gasteiger partial charge in [-0.25, -0.2) is 0 Å². The monoisotopic (exact) mass is 246 g/mol. The summed E-state index contributed by atoms with van der Waals surface area (Å²) in [7, 11) is 0. The zero-order valence-corrected chi connectivity index (χ0v) is 9.74. The Hall–Kier alpha value is -0.350. The Morgan fingerprint density at radius 2 is 2.31 bits per heavy atom. The summed E-state index contributed by atoms with van der Waals surface area (Å²) in [6.07, 6.45) is 3.84. The van der Waals surface area contributed by atoms with Crippen LogP contribution in [0.25, 0.3) is 0 Å². The molecule has 0 saturated heterocycles. The summed E-state index contributed by atoms with van der Waals surface area (Å²) in [6.45, 7) is 6.17. The fourth-order valence-corrected chi connectivity index (χ4v) is 1.57. The van der Waals surface area contributed by atoms with Crippen LogP contribution in [-0.2, 0) is 0 Å². The summed E-state index contributed by atoms with van der Waals surface area (Å²) in [4.78, 5) is 6.26. The molecule has 0 saturated carbocycles. The van der Waals surface area contributed by atoms with Gasteiger partial charge in [-0.15, -0.1) is 0 Å². The first-order valence-electron chi connectivity index (χ1n) is 4.27. The fourth-order valence-electron chi connectivity index (χ4n) is 1.19. The van der Waals surface area contributed by atoms with Crippen LogP contribution in [0.1, 0.15) is 20.8 Å². The quantitative estimate of drug-likeness (QED) is 0.806. The van der Waals surface area contributed by atoms with Gasteiger partial charge in [0.2, 0.25) is 0 Å². The molecule has 1 N–H and O–H groups in total. The van der Waals surface area contributed by atoms with E-state index in [1.165, 1.54) is 0 Å². The number of hydrogen-bond acceptors (Lipinski definition) is 3. The van der Waals surface area contributed by atoms with Crippen LogP contribution in [0.3, 0.4) is 0 Å². The second-order valence-electron chi connectivity index (χ2n) is 3.91. The molecule has 0 radical (unpaired) electrons. The van der Waals surface area contributed by atoms with Crippen LogP contribution in [-0.4, -0.2) is 34.5 Å². The van der Waals surface area contributed by atoms with E-state index in [0.717, 1.165) is 4.48 Å². The van der Waals surface area contributed by atoms with E-state index in [1.54, 1.807) is 20.1 Å². The van der Waals surface area contributed by atoms with Crippen molar-refractivity contribution in [1.82, 2.24) is 4.90 Å². The minimum Gasteiger partial charge on any atom is -0.389 e. The summed E-state index contributed by atoms with van der Waals surface area (Å²) in [5, 5.41) is 9.64. The maximum atomic E-state index is 9.64. The lowest BCUT2D eigenvalue weighted by Crippen LogP contribution is -2.40. The second kappa shape index (κ2) is 3.80. The first-order valence-corrected chi connectivity index (χ1v) is 5.06. The Morgan fingerprint density at radius 1 is 1.69 bits per heavy atom. The molecule has 0 aromatic heterocycles. The smallest absolute Gasteiger partial charge is 0.117 e. The zero-order valence-electron chi connectivity index (χ0n) is 8.16. The molecule has 1 aliphatic rings. The predicted molar refractivity (Wildman–Crippen MR) is 58.0 cm³/mol. The summed E-state index contributed by atoms with van der Waals surface area (Å²) in [5.74, 6) is 0. The molecule has 1 aliphatic heterocycles. The number of aliphatic imine (C=N–C) groups is 1. The Labute approximate surface area is 87.3 Å². The van der Waals surface area contributed by atoms with Crippen LogP contribution in [0.5, 0.6) is 0 Å². The predicted octanol–water partition coefficient (Wildman–Crippen LogP) is 1.73. The number of hydrogen-bond donors (Lipinski definition) is 1. The van der Waals surface area contributed by atoms with Crippen LogP contribution in [0, 0.1) is 0 Å². The van der Waals surface area contributed by atoms with Crippen LogP contribution in [0.4, 0.5) is 0 Å². The Bertz CT molecular complexity index is 242. The molecule has 0 spiro atoms.